The molecule has 1 aliphatic rings. The summed E-state index contributed by atoms with van der Waals surface area (Å²) < 4.78 is 0. The van der Waals surface area contributed by atoms with Crippen molar-refractivity contribution in [3.63, 3.8) is 0 Å². The van der Waals surface area contributed by atoms with Crippen LogP contribution in [0.4, 0.5) is 0 Å². The summed E-state index contributed by atoms with van der Waals surface area (Å²) in [6, 6.07) is 2.30. The van der Waals surface area contributed by atoms with Gasteiger partial charge in [-0.1, -0.05) is 0 Å². The molecule has 0 unspecified atom stereocenters. The lowest BCUT2D eigenvalue weighted by molar-refractivity contribution is 0.0709. The predicted molar refractivity (Wildman–Crippen MR) is 57.7 cm³/mol. The Morgan fingerprint density at radius 3 is 3.21 bits per heavy atom. The van der Waals surface area contributed by atoms with Crippen molar-refractivity contribution in [2.45, 2.75) is 13.0 Å². The van der Waals surface area contributed by atoms with E-state index in [4.69, 9.17) is 0 Å². The molecule has 0 spiro atoms. The van der Waals surface area contributed by atoms with Crippen LogP contribution in [0, 0.1) is 0 Å². The number of piperazine rings is 1. The zero-order valence-electron chi connectivity index (χ0n) is 8.19. The second kappa shape index (κ2) is 4.11. The maximum absolute atomic E-state index is 11.9. The molecule has 1 aliphatic heterocycles. The number of thiophene rings is 1. The van der Waals surface area contributed by atoms with Gasteiger partial charge in [-0.25, -0.2) is 0 Å². The van der Waals surface area contributed by atoms with E-state index < -0.39 is 0 Å². The summed E-state index contributed by atoms with van der Waals surface area (Å²) in [5.41, 5.74) is 0.823. The highest BCUT2D eigenvalue weighted by Crippen LogP contribution is 2.11. The molecule has 1 N–H and O–H groups in total. The highest BCUT2D eigenvalue weighted by molar-refractivity contribution is 7.08. The van der Waals surface area contributed by atoms with Crippen LogP contribution in [-0.2, 0) is 0 Å². The molecule has 4 heteroatoms. The molecule has 0 radical (unpaired) electrons. The molecule has 14 heavy (non-hydrogen) atoms. The number of amides is 1. The molecule has 1 saturated heterocycles. The van der Waals surface area contributed by atoms with Crippen molar-refractivity contribution in [1.82, 2.24) is 10.2 Å². The third-order valence-corrected chi connectivity index (χ3v) is 3.11. The van der Waals surface area contributed by atoms with Gasteiger partial charge in [0.1, 0.15) is 0 Å². The maximum Gasteiger partial charge on any atom is 0.254 e. The highest BCUT2D eigenvalue weighted by atomic mass is 32.1. The van der Waals surface area contributed by atoms with E-state index in [0.29, 0.717) is 6.04 Å². The molecule has 2 heterocycles. The second-order valence-corrected chi connectivity index (χ2v) is 4.40. The lowest BCUT2D eigenvalue weighted by Gasteiger charge is -2.31. The number of hydrogen-bond donors (Lipinski definition) is 1. The molecule has 2 rings (SSSR count). The van der Waals surface area contributed by atoms with Crippen molar-refractivity contribution >= 4 is 17.2 Å². The molecule has 1 aromatic rings. The van der Waals surface area contributed by atoms with Crippen LogP contribution in [-0.4, -0.2) is 36.5 Å². The van der Waals surface area contributed by atoms with Crippen LogP contribution in [0.15, 0.2) is 16.8 Å². The fraction of sp³-hybridized carbons (Fsp3) is 0.500. The van der Waals surface area contributed by atoms with Gasteiger partial charge in [-0.2, -0.15) is 11.3 Å². The van der Waals surface area contributed by atoms with Crippen molar-refractivity contribution in [1.29, 1.82) is 0 Å². The monoisotopic (exact) mass is 210 g/mol. The summed E-state index contributed by atoms with van der Waals surface area (Å²) >= 11 is 1.57. The van der Waals surface area contributed by atoms with E-state index in [1.807, 2.05) is 21.7 Å². The van der Waals surface area contributed by atoms with E-state index in [-0.39, 0.29) is 5.91 Å². The van der Waals surface area contributed by atoms with Crippen molar-refractivity contribution in [2.24, 2.45) is 0 Å². The molecule has 0 aromatic carbocycles. The average molecular weight is 210 g/mol. The highest BCUT2D eigenvalue weighted by Gasteiger charge is 2.21. The summed E-state index contributed by atoms with van der Waals surface area (Å²) in [6.07, 6.45) is 0. The van der Waals surface area contributed by atoms with E-state index in [9.17, 15) is 4.79 Å². The van der Waals surface area contributed by atoms with E-state index in [1.54, 1.807) is 11.3 Å². The van der Waals surface area contributed by atoms with Crippen LogP contribution in [0.5, 0.6) is 0 Å². The lowest BCUT2D eigenvalue weighted by atomic mass is 10.2. The molecule has 0 saturated carbocycles. The van der Waals surface area contributed by atoms with Gasteiger partial charge in [0, 0.05) is 31.1 Å². The zero-order valence-corrected chi connectivity index (χ0v) is 9.01. The Balaban J connectivity index is 2.04. The summed E-state index contributed by atoms with van der Waals surface area (Å²) in [5.74, 6) is 0.166. The Kier molecular flexibility index (Phi) is 2.84. The van der Waals surface area contributed by atoms with E-state index >= 15 is 0 Å². The molecule has 0 aliphatic carbocycles. The van der Waals surface area contributed by atoms with Crippen LogP contribution in [0.1, 0.15) is 17.3 Å². The Bertz CT molecular complexity index is 310. The third-order valence-electron chi connectivity index (χ3n) is 2.42. The van der Waals surface area contributed by atoms with Gasteiger partial charge >= 0.3 is 0 Å². The molecule has 1 atom stereocenters. The Labute approximate surface area is 87.7 Å². The van der Waals surface area contributed by atoms with Crippen molar-refractivity contribution < 1.29 is 4.79 Å². The number of carbonyl (C=O) groups is 1. The molecule has 1 fully saturated rings. The minimum Gasteiger partial charge on any atom is -0.336 e. The average Bonchev–Trinajstić information content (AvgIpc) is 2.69. The van der Waals surface area contributed by atoms with Crippen molar-refractivity contribution in [3.05, 3.63) is 22.4 Å². The third kappa shape index (κ3) is 1.96. The molecule has 3 nitrogen and oxygen atoms in total. The van der Waals surface area contributed by atoms with Crippen LogP contribution in [0.25, 0.3) is 0 Å². The van der Waals surface area contributed by atoms with E-state index in [2.05, 4.69) is 12.2 Å². The van der Waals surface area contributed by atoms with Crippen LogP contribution in [0.2, 0.25) is 0 Å². The molecular weight excluding hydrogens is 196 g/mol. The van der Waals surface area contributed by atoms with Gasteiger partial charge < -0.3 is 10.2 Å². The first-order valence-electron chi connectivity index (χ1n) is 4.82. The summed E-state index contributed by atoms with van der Waals surface area (Å²) in [4.78, 5) is 13.8. The maximum atomic E-state index is 11.9. The molecule has 0 bridgehead atoms. The quantitative estimate of drug-likeness (QED) is 0.755. The first-order chi connectivity index (χ1) is 6.77. The summed E-state index contributed by atoms with van der Waals surface area (Å²) in [7, 11) is 0. The molecule has 1 aromatic heterocycles. The minimum atomic E-state index is 0.166. The topological polar surface area (TPSA) is 32.3 Å². The normalized spacial score (nSPS) is 22.4. The number of nitrogens with one attached hydrogen (secondary N) is 1. The van der Waals surface area contributed by atoms with Gasteiger partial charge in [-0.15, -0.1) is 0 Å². The first kappa shape index (κ1) is 9.68. The second-order valence-electron chi connectivity index (χ2n) is 3.62. The molecule has 1 amide bonds. The van der Waals surface area contributed by atoms with Crippen LogP contribution in [0.3, 0.4) is 0 Å². The van der Waals surface area contributed by atoms with Gasteiger partial charge in [-0.05, 0) is 18.4 Å². The Hall–Kier alpha value is -0.870. The number of nitrogens with zero attached hydrogens (tertiary/aromatic N) is 1. The largest absolute Gasteiger partial charge is 0.336 e. The first-order valence-corrected chi connectivity index (χ1v) is 5.76. The van der Waals surface area contributed by atoms with E-state index in [0.717, 1.165) is 25.2 Å². The Morgan fingerprint density at radius 2 is 2.57 bits per heavy atom. The number of rotatable bonds is 1. The van der Waals surface area contributed by atoms with Crippen molar-refractivity contribution in [3.8, 4) is 0 Å². The van der Waals surface area contributed by atoms with Gasteiger partial charge in [-0.3, -0.25) is 4.79 Å². The van der Waals surface area contributed by atoms with Crippen LogP contribution < -0.4 is 5.32 Å². The predicted octanol–water partition coefficient (Wildman–Crippen LogP) is 1.18. The smallest absolute Gasteiger partial charge is 0.254 e. The Morgan fingerprint density at radius 1 is 1.71 bits per heavy atom. The fourth-order valence-corrected chi connectivity index (χ4v) is 2.32. The minimum absolute atomic E-state index is 0.166. The van der Waals surface area contributed by atoms with Gasteiger partial charge in [0.05, 0.1) is 5.56 Å². The SMILES string of the molecule is C[C@@H]1CN(C(=O)c2ccsc2)CCN1. The zero-order chi connectivity index (χ0) is 9.97. The van der Waals surface area contributed by atoms with Crippen molar-refractivity contribution in [2.75, 3.05) is 19.6 Å². The standard InChI is InChI=1S/C10H14N2OS/c1-8-6-12(4-3-11-8)10(13)9-2-5-14-7-9/h2,5,7-8,11H,3-4,6H2,1H3/t8-/m1/s1. The summed E-state index contributed by atoms with van der Waals surface area (Å²) in [5, 5.41) is 7.18. The summed E-state index contributed by atoms with van der Waals surface area (Å²) in [6.45, 7) is 4.64. The number of carbonyl (C=O) groups excluding carboxylic acids is 1. The lowest BCUT2D eigenvalue weighted by Crippen LogP contribution is -2.51. The van der Waals surface area contributed by atoms with Gasteiger partial charge in [0.15, 0.2) is 0 Å². The van der Waals surface area contributed by atoms with Gasteiger partial charge in [0.2, 0.25) is 0 Å². The number of hydrogen-bond acceptors (Lipinski definition) is 3. The van der Waals surface area contributed by atoms with Crippen LogP contribution >= 0.6 is 11.3 Å². The fourth-order valence-electron chi connectivity index (χ4n) is 1.69. The van der Waals surface area contributed by atoms with Gasteiger partial charge in [0.25, 0.3) is 5.91 Å². The van der Waals surface area contributed by atoms with E-state index in [1.165, 1.54) is 0 Å². The molecule has 76 valence electrons. The molecular formula is C10H14N2OS.